The number of fused-ring (bicyclic) bond motifs is 2. The summed E-state index contributed by atoms with van der Waals surface area (Å²) in [5.74, 6) is 0. The summed E-state index contributed by atoms with van der Waals surface area (Å²) in [7, 11) is 0. The van der Waals surface area contributed by atoms with Crippen LogP contribution in [0.3, 0.4) is 0 Å². The van der Waals surface area contributed by atoms with Crippen LogP contribution >= 0.6 is 0 Å². The minimum atomic E-state index is -0.303. The van der Waals surface area contributed by atoms with E-state index in [0.29, 0.717) is 28.4 Å². The highest BCUT2D eigenvalue weighted by Crippen LogP contribution is 2.32. The van der Waals surface area contributed by atoms with Gasteiger partial charge in [0.25, 0.3) is 11.1 Å². The minimum Gasteiger partial charge on any atom is -0.267 e. The second kappa shape index (κ2) is 5.76. The largest absolute Gasteiger partial charge is 0.277 e. The second-order valence-electron chi connectivity index (χ2n) is 6.77. The molecule has 1 aromatic carbocycles. The zero-order valence-corrected chi connectivity index (χ0v) is 14.4. The summed E-state index contributed by atoms with van der Waals surface area (Å²) in [6.45, 7) is 2.28. The maximum absolute atomic E-state index is 12.9. The standard InChI is InChI=1S/C16H15N9O2/c1-9(8-23-5-4-17-20-23)24-15(26)11-6-14-12(7-13(11)18-21-24)16(27)25(22-19-14)10-2-3-10/h4-7,9-10H,2-3,8H2,1H3/t9-/m1/s1. The Morgan fingerprint density at radius 3 is 2.41 bits per heavy atom. The van der Waals surface area contributed by atoms with E-state index >= 15 is 0 Å². The van der Waals surface area contributed by atoms with E-state index in [1.54, 1.807) is 29.2 Å². The van der Waals surface area contributed by atoms with Crippen molar-refractivity contribution in [1.29, 1.82) is 0 Å². The molecule has 0 N–H and O–H groups in total. The molecule has 0 spiro atoms. The quantitative estimate of drug-likeness (QED) is 0.466. The molecule has 5 rings (SSSR count). The number of hydrogen-bond acceptors (Lipinski definition) is 8. The molecule has 0 aliphatic heterocycles. The summed E-state index contributed by atoms with van der Waals surface area (Å²) in [6.07, 6.45) is 5.15. The molecule has 11 nitrogen and oxygen atoms in total. The highest BCUT2D eigenvalue weighted by molar-refractivity contribution is 5.93. The summed E-state index contributed by atoms with van der Waals surface area (Å²) in [4.78, 5) is 25.5. The van der Waals surface area contributed by atoms with Crippen molar-refractivity contribution in [2.24, 2.45) is 0 Å². The van der Waals surface area contributed by atoms with Crippen LogP contribution in [0.2, 0.25) is 0 Å². The van der Waals surface area contributed by atoms with Crippen LogP contribution in [0.25, 0.3) is 21.8 Å². The zero-order valence-electron chi connectivity index (χ0n) is 14.4. The fraction of sp³-hybridized carbons (Fsp3) is 0.375. The normalized spacial score (nSPS) is 15.4. The van der Waals surface area contributed by atoms with Gasteiger partial charge in [-0.25, -0.2) is 9.36 Å². The molecule has 1 fully saturated rings. The highest BCUT2D eigenvalue weighted by Gasteiger charge is 2.27. The van der Waals surface area contributed by atoms with Crippen LogP contribution in [-0.4, -0.2) is 45.0 Å². The van der Waals surface area contributed by atoms with E-state index in [0.717, 1.165) is 12.8 Å². The van der Waals surface area contributed by atoms with Crippen LogP contribution in [0.4, 0.5) is 0 Å². The summed E-state index contributed by atoms with van der Waals surface area (Å²) in [6, 6.07) is 2.98. The molecular weight excluding hydrogens is 350 g/mol. The number of rotatable bonds is 4. The Labute approximate surface area is 151 Å². The first kappa shape index (κ1) is 15.7. The predicted octanol–water partition coefficient (Wildman–Crippen LogP) is 0.0840. The average molecular weight is 365 g/mol. The Bertz CT molecular complexity index is 1270. The third-order valence-electron chi connectivity index (χ3n) is 4.72. The van der Waals surface area contributed by atoms with E-state index in [2.05, 4.69) is 30.9 Å². The number of benzene rings is 1. The molecular formula is C16H15N9O2. The van der Waals surface area contributed by atoms with Crippen molar-refractivity contribution in [3.8, 4) is 0 Å². The van der Waals surface area contributed by atoms with Crippen LogP contribution in [0.1, 0.15) is 31.8 Å². The van der Waals surface area contributed by atoms with Gasteiger partial charge in [0.05, 0.1) is 35.6 Å². The smallest absolute Gasteiger partial charge is 0.267 e. The highest BCUT2D eigenvalue weighted by atomic mass is 16.1. The van der Waals surface area contributed by atoms with Crippen molar-refractivity contribution >= 4 is 21.8 Å². The summed E-state index contributed by atoms with van der Waals surface area (Å²) >= 11 is 0. The number of aromatic nitrogens is 9. The van der Waals surface area contributed by atoms with E-state index < -0.39 is 0 Å². The lowest BCUT2D eigenvalue weighted by Gasteiger charge is -2.13. The molecule has 1 atom stereocenters. The van der Waals surface area contributed by atoms with Gasteiger partial charge in [-0.2, -0.15) is 0 Å². The minimum absolute atomic E-state index is 0.127. The second-order valence-corrected chi connectivity index (χ2v) is 6.77. The molecule has 3 heterocycles. The van der Waals surface area contributed by atoms with Crippen molar-refractivity contribution in [3.05, 3.63) is 45.2 Å². The summed E-state index contributed by atoms with van der Waals surface area (Å²) in [5, 5.41) is 24.7. The van der Waals surface area contributed by atoms with Crippen molar-refractivity contribution in [1.82, 2.24) is 45.0 Å². The van der Waals surface area contributed by atoms with Gasteiger partial charge in [0.1, 0.15) is 11.0 Å². The third kappa shape index (κ3) is 2.58. The summed E-state index contributed by atoms with van der Waals surface area (Å²) in [5.41, 5.74) is 0.228. The van der Waals surface area contributed by atoms with E-state index in [1.807, 2.05) is 6.92 Å². The molecule has 0 bridgehead atoms. The molecule has 1 aliphatic rings. The molecule has 1 aliphatic carbocycles. The fourth-order valence-corrected chi connectivity index (χ4v) is 3.13. The van der Waals surface area contributed by atoms with Crippen molar-refractivity contribution < 1.29 is 0 Å². The van der Waals surface area contributed by atoms with Crippen LogP contribution < -0.4 is 11.1 Å². The van der Waals surface area contributed by atoms with Gasteiger partial charge in [-0.15, -0.1) is 15.3 Å². The maximum Gasteiger partial charge on any atom is 0.277 e. The predicted molar refractivity (Wildman–Crippen MR) is 94.2 cm³/mol. The van der Waals surface area contributed by atoms with Gasteiger partial charge in [-0.1, -0.05) is 15.6 Å². The lowest BCUT2D eigenvalue weighted by molar-refractivity contribution is 0.375. The number of nitrogens with zero attached hydrogens (tertiary/aromatic N) is 9. The van der Waals surface area contributed by atoms with Gasteiger partial charge in [0, 0.05) is 6.20 Å². The average Bonchev–Trinajstić information content (AvgIpc) is 3.38. The Hall–Kier alpha value is -3.50. The Kier molecular flexibility index (Phi) is 3.35. The Morgan fingerprint density at radius 2 is 1.74 bits per heavy atom. The van der Waals surface area contributed by atoms with Gasteiger partial charge in [0.15, 0.2) is 0 Å². The molecule has 0 amide bonds. The molecule has 3 aromatic heterocycles. The van der Waals surface area contributed by atoms with Crippen molar-refractivity contribution in [2.75, 3.05) is 0 Å². The van der Waals surface area contributed by atoms with Crippen LogP contribution in [-0.2, 0) is 6.54 Å². The lowest BCUT2D eigenvalue weighted by Crippen LogP contribution is -2.30. The molecule has 0 saturated heterocycles. The van der Waals surface area contributed by atoms with Gasteiger partial charge in [-0.3, -0.25) is 14.3 Å². The van der Waals surface area contributed by atoms with Gasteiger partial charge < -0.3 is 0 Å². The molecule has 0 unspecified atom stereocenters. The molecule has 0 radical (unpaired) electrons. The maximum atomic E-state index is 12.9. The van der Waals surface area contributed by atoms with E-state index in [-0.39, 0.29) is 23.2 Å². The molecule has 136 valence electrons. The molecule has 1 saturated carbocycles. The Balaban J connectivity index is 1.63. The molecule has 11 heteroatoms. The molecule has 27 heavy (non-hydrogen) atoms. The SMILES string of the molecule is C[C@H](Cn1ccnn1)n1nnc2cc3c(=O)n(C4CC4)nnc3cc2c1=O. The number of hydrogen-bond donors (Lipinski definition) is 0. The van der Waals surface area contributed by atoms with Crippen LogP contribution in [0.5, 0.6) is 0 Å². The summed E-state index contributed by atoms with van der Waals surface area (Å²) < 4.78 is 4.33. The van der Waals surface area contributed by atoms with Gasteiger partial charge >= 0.3 is 0 Å². The van der Waals surface area contributed by atoms with Crippen LogP contribution in [0, 0.1) is 0 Å². The fourth-order valence-electron chi connectivity index (χ4n) is 3.13. The topological polar surface area (TPSA) is 126 Å². The van der Waals surface area contributed by atoms with Crippen LogP contribution in [0.15, 0.2) is 34.1 Å². The van der Waals surface area contributed by atoms with E-state index in [1.165, 1.54) is 9.36 Å². The first-order valence-corrected chi connectivity index (χ1v) is 8.64. The van der Waals surface area contributed by atoms with E-state index in [9.17, 15) is 9.59 Å². The first-order valence-electron chi connectivity index (χ1n) is 8.64. The monoisotopic (exact) mass is 365 g/mol. The molecule has 4 aromatic rings. The third-order valence-corrected chi connectivity index (χ3v) is 4.72. The van der Waals surface area contributed by atoms with E-state index in [4.69, 9.17) is 0 Å². The first-order chi connectivity index (χ1) is 13.1. The van der Waals surface area contributed by atoms with Crippen molar-refractivity contribution in [2.45, 2.75) is 38.4 Å². The lowest BCUT2D eigenvalue weighted by atomic mass is 10.2. The van der Waals surface area contributed by atoms with Gasteiger partial charge in [0.2, 0.25) is 0 Å². The Morgan fingerprint density at radius 1 is 1.04 bits per heavy atom. The van der Waals surface area contributed by atoms with Crippen molar-refractivity contribution in [3.63, 3.8) is 0 Å². The zero-order chi connectivity index (χ0) is 18.5. The van der Waals surface area contributed by atoms with Gasteiger partial charge in [-0.05, 0) is 31.9 Å².